The summed E-state index contributed by atoms with van der Waals surface area (Å²) in [5.74, 6) is 0. The molecule has 0 fully saturated rings. The highest BCUT2D eigenvalue weighted by Crippen LogP contribution is 2.51. The quantitative estimate of drug-likeness (QED) is 0.151. The first-order chi connectivity index (χ1) is 20.1. The van der Waals surface area contributed by atoms with Gasteiger partial charge in [-0.1, -0.05) is 72.8 Å². The fourth-order valence-corrected chi connectivity index (χ4v) is 7.08. The van der Waals surface area contributed by atoms with Gasteiger partial charge >= 0.3 is 12.4 Å². The van der Waals surface area contributed by atoms with E-state index in [2.05, 4.69) is 0 Å². The minimum atomic E-state index is -4.47. The number of rotatable bonds is 2. The van der Waals surface area contributed by atoms with Crippen LogP contribution in [-0.4, -0.2) is 24.4 Å². The molecule has 8 rings (SSSR count). The van der Waals surface area contributed by atoms with Gasteiger partial charge in [-0.2, -0.15) is 26.3 Å². The number of halogens is 6. The number of fused-ring (bicyclic) bond motifs is 2. The van der Waals surface area contributed by atoms with Crippen LogP contribution in [0.4, 0.5) is 49.1 Å². The highest BCUT2D eigenvalue weighted by Gasteiger charge is 2.50. The molecule has 0 amide bonds. The summed E-state index contributed by atoms with van der Waals surface area (Å²) < 4.78 is 86.4. The molecule has 0 saturated heterocycles. The Bertz CT molecular complexity index is 1870. The Kier molecular flexibility index (Phi) is 5.13. The molecule has 2 atom stereocenters. The summed E-state index contributed by atoms with van der Waals surface area (Å²) in [6.45, 7) is 0. The summed E-state index contributed by atoms with van der Waals surface area (Å²) in [4.78, 5) is 2.75. The largest absolute Gasteiger partial charge is 0.409 e. The van der Waals surface area contributed by atoms with Crippen LogP contribution in [0.5, 0.6) is 0 Å². The number of para-hydroxylation sites is 2. The molecule has 2 unspecified atom stereocenters. The number of benzene rings is 6. The van der Waals surface area contributed by atoms with Crippen molar-refractivity contribution in [2.45, 2.75) is 37.3 Å². The first-order valence-corrected chi connectivity index (χ1v) is 13.7. The maximum atomic E-state index is 14.4. The molecule has 0 saturated carbocycles. The van der Waals surface area contributed by atoms with E-state index in [9.17, 15) is 26.3 Å². The van der Waals surface area contributed by atoms with Crippen molar-refractivity contribution in [1.29, 1.82) is 0 Å². The van der Waals surface area contributed by atoms with Crippen LogP contribution in [0.15, 0.2) is 97.1 Å². The summed E-state index contributed by atoms with van der Waals surface area (Å²) in [7, 11) is 0. The van der Waals surface area contributed by atoms with E-state index in [1.165, 1.54) is 9.80 Å². The molecular formula is C34H22F6N2. The fourth-order valence-electron chi connectivity index (χ4n) is 7.08. The number of anilines is 4. The van der Waals surface area contributed by atoms with Crippen molar-refractivity contribution in [1.82, 2.24) is 0 Å². The molecule has 8 heteroatoms. The molecule has 2 nitrogen and oxygen atoms in total. The van der Waals surface area contributed by atoms with Crippen LogP contribution in [0.3, 0.4) is 0 Å². The van der Waals surface area contributed by atoms with Gasteiger partial charge in [-0.05, 0) is 56.9 Å². The van der Waals surface area contributed by atoms with Crippen molar-refractivity contribution in [2.24, 2.45) is 0 Å². The van der Waals surface area contributed by atoms with E-state index in [0.717, 1.165) is 21.5 Å². The van der Waals surface area contributed by atoms with Crippen LogP contribution in [-0.2, 0) is 12.8 Å². The Labute approximate surface area is 236 Å². The second-order valence-electron chi connectivity index (χ2n) is 11.1. The van der Waals surface area contributed by atoms with Crippen molar-refractivity contribution in [2.75, 3.05) is 9.80 Å². The summed E-state index contributed by atoms with van der Waals surface area (Å²) in [5.41, 5.74) is 3.12. The Morgan fingerprint density at radius 2 is 0.833 bits per heavy atom. The normalized spacial score (nSPS) is 18.9. The Morgan fingerprint density at radius 3 is 1.24 bits per heavy atom. The SMILES string of the molecule is FC(F)(F)C1Cc2ccccc2N1c1ccc2ccc3c(N4c5ccccc5CC4C(F)(F)F)ccc4ccc1c2c43. The van der Waals surface area contributed by atoms with Gasteiger partial charge in [-0.15, -0.1) is 0 Å². The highest BCUT2D eigenvalue weighted by molar-refractivity contribution is 6.27. The Hall–Kier alpha value is -4.46. The van der Waals surface area contributed by atoms with E-state index in [1.54, 1.807) is 72.8 Å². The maximum Gasteiger partial charge on any atom is 0.409 e. The number of hydrogen-bond acceptors (Lipinski definition) is 2. The molecular weight excluding hydrogens is 550 g/mol. The molecule has 0 radical (unpaired) electrons. The summed E-state index contributed by atoms with van der Waals surface area (Å²) in [5, 5.41) is 4.37. The molecule has 6 aromatic carbocycles. The lowest BCUT2D eigenvalue weighted by atomic mass is 9.91. The third-order valence-corrected chi connectivity index (χ3v) is 8.85. The second kappa shape index (κ2) is 8.53. The molecule has 2 heterocycles. The van der Waals surface area contributed by atoms with Gasteiger partial charge in [0.05, 0.1) is 0 Å². The van der Waals surface area contributed by atoms with Gasteiger partial charge in [0.1, 0.15) is 12.1 Å². The van der Waals surface area contributed by atoms with E-state index in [0.29, 0.717) is 44.6 Å². The fraction of sp³-hybridized carbons (Fsp3) is 0.176. The van der Waals surface area contributed by atoms with E-state index < -0.39 is 24.4 Å². The zero-order valence-electron chi connectivity index (χ0n) is 22.0. The van der Waals surface area contributed by atoms with Gasteiger partial charge in [0.2, 0.25) is 0 Å². The number of hydrogen-bond donors (Lipinski definition) is 0. The number of nitrogens with zero attached hydrogens (tertiary/aromatic N) is 2. The molecule has 0 aromatic heterocycles. The van der Waals surface area contributed by atoms with Gasteiger partial charge < -0.3 is 9.80 Å². The predicted molar refractivity (Wildman–Crippen MR) is 154 cm³/mol. The van der Waals surface area contributed by atoms with E-state index in [1.807, 2.05) is 24.3 Å². The van der Waals surface area contributed by atoms with Crippen molar-refractivity contribution in [3.63, 3.8) is 0 Å². The van der Waals surface area contributed by atoms with Crippen LogP contribution < -0.4 is 9.80 Å². The molecule has 0 aliphatic carbocycles. The van der Waals surface area contributed by atoms with Crippen LogP contribution >= 0.6 is 0 Å². The third kappa shape index (κ3) is 3.53. The molecule has 0 bridgehead atoms. The average molecular weight is 573 g/mol. The minimum absolute atomic E-state index is 0.154. The lowest BCUT2D eigenvalue weighted by molar-refractivity contribution is -0.145. The molecule has 210 valence electrons. The van der Waals surface area contributed by atoms with Crippen molar-refractivity contribution < 1.29 is 26.3 Å². The zero-order valence-corrected chi connectivity index (χ0v) is 22.0. The molecule has 0 N–H and O–H groups in total. The van der Waals surface area contributed by atoms with Crippen LogP contribution in [0, 0.1) is 0 Å². The molecule has 2 aliphatic rings. The first kappa shape index (κ1) is 25.3. The van der Waals surface area contributed by atoms with Gasteiger partial charge in [0.15, 0.2) is 0 Å². The van der Waals surface area contributed by atoms with Gasteiger partial charge in [0, 0.05) is 46.4 Å². The van der Waals surface area contributed by atoms with Crippen molar-refractivity contribution in [3.8, 4) is 0 Å². The highest BCUT2D eigenvalue weighted by atomic mass is 19.4. The number of alkyl halides is 6. The molecule has 0 spiro atoms. The van der Waals surface area contributed by atoms with Crippen LogP contribution in [0.1, 0.15) is 11.1 Å². The lowest BCUT2D eigenvalue weighted by Gasteiger charge is -2.32. The Morgan fingerprint density at radius 1 is 0.452 bits per heavy atom. The lowest BCUT2D eigenvalue weighted by Crippen LogP contribution is -2.41. The zero-order chi connectivity index (χ0) is 29.0. The predicted octanol–water partition coefficient (Wildman–Crippen LogP) is 9.83. The van der Waals surface area contributed by atoms with Gasteiger partial charge in [-0.25, -0.2) is 0 Å². The summed E-state index contributed by atoms with van der Waals surface area (Å²) in [6, 6.07) is 24.8. The van der Waals surface area contributed by atoms with E-state index in [-0.39, 0.29) is 12.8 Å². The third-order valence-electron chi connectivity index (χ3n) is 8.85. The standard InChI is InChI=1S/C34H22F6N2/c35-33(36,37)29-17-21-5-1-3-7-25(21)41(29)27-15-11-19-10-14-24-28(16-12-20-9-13-23(27)31(19)32(20)24)42-26-8-4-2-6-22(26)18-30(42)34(38,39)40/h1-16,29-30H,17-18H2. The van der Waals surface area contributed by atoms with E-state index in [4.69, 9.17) is 0 Å². The van der Waals surface area contributed by atoms with Crippen LogP contribution in [0.25, 0.3) is 32.3 Å². The smallest absolute Gasteiger partial charge is 0.328 e. The monoisotopic (exact) mass is 572 g/mol. The van der Waals surface area contributed by atoms with Crippen LogP contribution in [0.2, 0.25) is 0 Å². The molecule has 6 aromatic rings. The minimum Gasteiger partial charge on any atom is -0.328 e. The average Bonchev–Trinajstić information content (AvgIpc) is 3.55. The summed E-state index contributed by atoms with van der Waals surface area (Å²) in [6.07, 6.45) is -9.24. The molecule has 42 heavy (non-hydrogen) atoms. The first-order valence-electron chi connectivity index (χ1n) is 13.7. The van der Waals surface area contributed by atoms with Crippen molar-refractivity contribution in [3.05, 3.63) is 108 Å². The maximum absolute atomic E-state index is 14.4. The van der Waals surface area contributed by atoms with E-state index >= 15 is 0 Å². The van der Waals surface area contributed by atoms with Crippen molar-refractivity contribution >= 4 is 55.1 Å². The topological polar surface area (TPSA) is 6.48 Å². The van der Waals surface area contributed by atoms with Gasteiger partial charge in [-0.3, -0.25) is 0 Å². The summed E-state index contributed by atoms with van der Waals surface area (Å²) >= 11 is 0. The second-order valence-corrected chi connectivity index (χ2v) is 11.1. The molecule has 2 aliphatic heterocycles. The van der Waals surface area contributed by atoms with Gasteiger partial charge in [0.25, 0.3) is 0 Å². The Balaban J connectivity index is 1.39.